The number of hydrogen-bond donors (Lipinski definition) is 1. The largest absolute Gasteiger partial charge is 0.508 e. The third-order valence-corrected chi connectivity index (χ3v) is 6.48. The highest BCUT2D eigenvalue weighted by atomic mass is 16.3. The second kappa shape index (κ2) is 8.22. The summed E-state index contributed by atoms with van der Waals surface area (Å²) >= 11 is 0. The van der Waals surface area contributed by atoms with E-state index in [1.807, 2.05) is 12.1 Å². The Balaban J connectivity index is 1.44. The number of benzene rings is 1. The van der Waals surface area contributed by atoms with Crippen molar-refractivity contribution in [1.29, 1.82) is 0 Å². The van der Waals surface area contributed by atoms with E-state index in [0.29, 0.717) is 5.75 Å². The summed E-state index contributed by atoms with van der Waals surface area (Å²) in [4.78, 5) is 0. The van der Waals surface area contributed by atoms with Crippen LogP contribution >= 0.6 is 0 Å². The maximum absolute atomic E-state index is 9.64. The van der Waals surface area contributed by atoms with Crippen LogP contribution in [0, 0.1) is 17.8 Å². The maximum atomic E-state index is 9.64. The average Bonchev–Trinajstić information content (AvgIpc) is 2.59. The summed E-state index contributed by atoms with van der Waals surface area (Å²) < 4.78 is 0. The molecule has 0 spiro atoms. The molecule has 2 aliphatic carbocycles. The predicted octanol–water partition coefficient (Wildman–Crippen LogP) is 6.27. The molecule has 1 N–H and O–H groups in total. The average molecular weight is 315 g/mol. The smallest absolute Gasteiger partial charge is 0.115 e. The van der Waals surface area contributed by atoms with Crippen molar-refractivity contribution in [1.82, 2.24) is 0 Å². The van der Waals surface area contributed by atoms with Gasteiger partial charge in [-0.2, -0.15) is 0 Å². The van der Waals surface area contributed by atoms with Gasteiger partial charge in [0.05, 0.1) is 0 Å². The summed E-state index contributed by atoms with van der Waals surface area (Å²) in [5.41, 5.74) is 2.89. The molecule has 1 fully saturated rings. The Kier molecular flexibility index (Phi) is 6.02. The van der Waals surface area contributed by atoms with Crippen LogP contribution in [0.4, 0.5) is 0 Å². The number of phenols is 1. The van der Waals surface area contributed by atoms with E-state index in [0.717, 1.165) is 17.8 Å². The number of aromatic hydroxyl groups is 1. The van der Waals surface area contributed by atoms with Crippen LogP contribution in [0.3, 0.4) is 0 Å². The van der Waals surface area contributed by atoms with E-state index in [1.165, 1.54) is 88.2 Å². The lowest BCUT2D eigenvalue weighted by Crippen LogP contribution is -2.26. The van der Waals surface area contributed by atoms with Gasteiger partial charge in [0, 0.05) is 0 Å². The third-order valence-electron chi connectivity index (χ3n) is 6.48. The highest BCUT2D eigenvalue weighted by molar-refractivity contribution is 5.36. The van der Waals surface area contributed by atoms with Crippen LogP contribution in [0.1, 0.15) is 82.3 Å². The van der Waals surface area contributed by atoms with E-state index in [2.05, 4.69) is 13.0 Å². The highest BCUT2D eigenvalue weighted by Crippen LogP contribution is 2.41. The number of rotatable bonds is 6. The van der Waals surface area contributed by atoms with Gasteiger partial charge in [-0.25, -0.2) is 0 Å². The molecule has 1 atom stereocenters. The van der Waals surface area contributed by atoms with Gasteiger partial charge in [-0.15, -0.1) is 0 Å². The number of phenolic OH excluding ortho intramolecular Hbond substituents is 1. The molecule has 0 aromatic heterocycles. The van der Waals surface area contributed by atoms with Crippen molar-refractivity contribution >= 4 is 0 Å². The Bertz CT molecular complexity index is 485. The molecule has 2 aliphatic rings. The molecule has 1 unspecified atom stereocenters. The Labute approximate surface area is 142 Å². The molecule has 1 aromatic carbocycles. The fraction of sp³-hybridized carbons (Fsp3) is 0.727. The topological polar surface area (TPSA) is 20.2 Å². The molecule has 0 aliphatic heterocycles. The number of unbranched alkanes of at least 4 members (excludes halogenated alkanes) is 3. The Hall–Kier alpha value is -0.980. The monoisotopic (exact) mass is 314 g/mol. The molecule has 0 radical (unpaired) electrons. The van der Waals surface area contributed by atoms with E-state index < -0.39 is 0 Å². The second-order valence-electron chi connectivity index (χ2n) is 8.09. The van der Waals surface area contributed by atoms with Crippen molar-refractivity contribution < 1.29 is 5.11 Å². The van der Waals surface area contributed by atoms with Gasteiger partial charge >= 0.3 is 0 Å². The zero-order valence-electron chi connectivity index (χ0n) is 14.9. The third kappa shape index (κ3) is 4.52. The maximum Gasteiger partial charge on any atom is 0.115 e. The molecule has 1 heteroatoms. The summed E-state index contributed by atoms with van der Waals surface area (Å²) in [5, 5.41) is 9.64. The van der Waals surface area contributed by atoms with E-state index in [-0.39, 0.29) is 0 Å². The van der Waals surface area contributed by atoms with E-state index >= 15 is 0 Å². The Morgan fingerprint density at radius 1 is 0.913 bits per heavy atom. The molecule has 0 amide bonds. The van der Waals surface area contributed by atoms with Gasteiger partial charge in [-0.1, -0.05) is 57.9 Å². The summed E-state index contributed by atoms with van der Waals surface area (Å²) in [5.74, 6) is 3.32. The molecule has 128 valence electrons. The quantitative estimate of drug-likeness (QED) is 0.613. The fourth-order valence-corrected chi connectivity index (χ4v) is 4.98. The molecule has 1 aromatic rings. The van der Waals surface area contributed by atoms with Crippen molar-refractivity contribution in [2.45, 2.75) is 84.0 Å². The van der Waals surface area contributed by atoms with Crippen LogP contribution in [0.25, 0.3) is 0 Å². The first kappa shape index (κ1) is 16.9. The zero-order chi connectivity index (χ0) is 16.1. The van der Waals surface area contributed by atoms with Crippen LogP contribution in [-0.2, 0) is 12.8 Å². The molecule has 3 rings (SSSR count). The molecule has 23 heavy (non-hydrogen) atoms. The molecule has 0 heterocycles. The highest BCUT2D eigenvalue weighted by Gasteiger charge is 2.30. The van der Waals surface area contributed by atoms with Gasteiger partial charge in [0.1, 0.15) is 5.75 Å². The minimum absolute atomic E-state index is 0.436. The lowest BCUT2D eigenvalue weighted by molar-refractivity contribution is 0.183. The molecule has 1 saturated carbocycles. The van der Waals surface area contributed by atoms with Gasteiger partial charge in [0.15, 0.2) is 0 Å². The first-order valence-electron chi connectivity index (χ1n) is 10.1. The minimum atomic E-state index is 0.436. The van der Waals surface area contributed by atoms with Crippen LogP contribution in [0.15, 0.2) is 18.2 Å². The summed E-state index contributed by atoms with van der Waals surface area (Å²) in [6.07, 6.45) is 16.8. The molecular weight excluding hydrogens is 280 g/mol. The van der Waals surface area contributed by atoms with Crippen molar-refractivity contribution in [3.05, 3.63) is 29.3 Å². The first-order chi connectivity index (χ1) is 11.3. The Morgan fingerprint density at radius 2 is 1.74 bits per heavy atom. The fourth-order valence-electron chi connectivity index (χ4n) is 4.98. The summed E-state index contributed by atoms with van der Waals surface area (Å²) in [6.45, 7) is 2.30. The lowest BCUT2D eigenvalue weighted by Gasteiger charge is -2.36. The molecule has 1 nitrogen and oxygen atoms in total. The van der Waals surface area contributed by atoms with Crippen molar-refractivity contribution in [3.63, 3.8) is 0 Å². The molecular formula is C22H34O. The standard InChI is InChI=1S/C22H34O/c1-2-3-4-5-6-17-7-9-18(10-8-17)19-11-12-21-16-22(23)14-13-20(21)15-19/h13-14,16-19,23H,2-12,15H2,1H3. The predicted molar refractivity (Wildman–Crippen MR) is 97.8 cm³/mol. The van der Waals surface area contributed by atoms with Crippen LogP contribution < -0.4 is 0 Å². The number of fused-ring (bicyclic) bond motifs is 1. The van der Waals surface area contributed by atoms with Gasteiger partial charge in [0.2, 0.25) is 0 Å². The first-order valence-corrected chi connectivity index (χ1v) is 10.1. The van der Waals surface area contributed by atoms with Crippen molar-refractivity contribution in [3.8, 4) is 5.75 Å². The number of aryl methyl sites for hydroxylation is 1. The van der Waals surface area contributed by atoms with Gasteiger partial charge in [-0.05, 0) is 73.1 Å². The normalized spacial score (nSPS) is 27.6. The van der Waals surface area contributed by atoms with E-state index in [9.17, 15) is 5.11 Å². The van der Waals surface area contributed by atoms with Crippen LogP contribution in [0.5, 0.6) is 5.75 Å². The van der Waals surface area contributed by atoms with Crippen LogP contribution in [-0.4, -0.2) is 5.11 Å². The van der Waals surface area contributed by atoms with Crippen LogP contribution in [0.2, 0.25) is 0 Å². The van der Waals surface area contributed by atoms with Gasteiger partial charge in [0.25, 0.3) is 0 Å². The van der Waals surface area contributed by atoms with Gasteiger partial charge in [-0.3, -0.25) is 0 Å². The van der Waals surface area contributed by atoms with E-state index in [4.69, 9.17) is 0 Å². The number of hydrogen-bond acceptors (Lipinski definition) is 1. The van der Waals surface area contributed by atoms with Crippen molar-refractivity contribution in [2.75, 3.05) is 0 Å². The lowest BCUT2D eigenvalue weighted by atomic mass is 9.69. The molecule has 0 saturated heterocycles. The molecule has 0 bridgehead atoms. The SMILES string of the molecule is CCCCCCC1CCC(C2CCc3cc(O)ccc3C2)CC1. The summed E-state index contributed by atoms with van der Waals surface area (Å²) in [7, 11) is 0. The minimum Gasteiger partial charge on any atom is -0.508 e. The summed E-state index contributed by atoms with van der Waals surface area (Å²) in [6, 6.07) is 6.02. The second-order valence-corrected chi connectivity index (χ2v) is 8.09. The Morgan fingerprint density at radius 3 is 2.52 bits per heavy atom. The van der Waals surface area contributed by atoms with Gasteiger partial charge < -0.3 is 5.11 Å². The zero-order valence-corrected chi connectivity index (χ0v) is 14.9. The van der Waals surface area contributed by atoms with E-state index in [1.54, 1.807) is 0 Å². The van der Waals surface area contributed by atoms with Crippen molar-refractivity contribution in [2.24, 2.45) is 17.8 Å².